The van der Waals surface area contributed by atoms with Gasteiger partial charge in [0.25, 0.3) is 9.05 Å². The van der Waals surface area contributed by atoms with E-state index in [-0.39, 0.29) is 17.5 Å². The number of imidazole rings is 1. The Labute approximate surface area is 123 Å². The maximum atomic E-state index is 11.8. The third-order valence-electron chi connectivity index (χ3n) is 2.76. The highest BCUT2D eigenvalue weighted by Crippen LogP contribution is 2.14. The topological polar surface area (TPSA) is 81.1 Å². The van der Waals surface area contributed by atoms with Crippen molar-refractivity contribution >= 4 is 25.6 Å². The molecule has 114 valence electrons. The van der Waals surface area contributed by atoms with Gasteiger partial charge in [-0.3, -0.25) is 4.79 Å². The Morgan fingerprint density at radius 2 is 2.15 bits per heavy atom. The standard InChI is InChI=1S/C12H20ClN3O3S/c1-4-10-15-12(20(13,18)19)8-16(10)7-11(17)14-6-5-9(2)3/h8-9H,4-7H2,1-3H3,(H,14,17). The van der Waals surface area contributed by atoms with Crippen LogP contribution in [-0.4, -0.2) is 30.4 Å². The van der Waals surface area contributed by atoms with E-state index in [2.05, 4.69) is 24.1 Å². The van der Waals surface area contributed by atoms with E-state index < -0.39 is 9.05 Å². The molecule has 0 unspecified atom stereocenters. The summed E-state index contributed by atoms with van der Waals surface area (Å²) in [6, 6.07) is 0. The maximum Gasteiger partial charge on any atom is 0.280 e. The number of rotatable bonds is 7. The van der Waals surface area contributed by atoms with Crippen LogP contribution in [0.3, 0.4) is 0 Å². The first kappa shape index (κ1) is 17.0. The van der Waals surface area contributed by atoms with Gasteiger partial charge in [-0.15, -0.1) is 0 Å². The first-order valence-corrected chi connectivity index (χ1v) is 8.82. The van der Waals surface area contributed by atoms with Gasteiger partial charge in [-0.2, -0.15) is 0 Å². The van der Waals surface area contributed by atoms with Crippen molar-refractivity contribution in [2.24, 2.45) is 5.92 Å². The second kappa shape index (κ2) is 7.08. The third kappa shape index (κ3) is 5.13. The fourth-order valence-electron chi connectivity index (χ4n) is 1.68. The summed E-state index contributed by atoms with van der Waals surface area (Å²) in [7, 11) is 1.38. The zero-order valence-electron chi connectivity index (χ0n) is 11.9. The summed E-state index contributed by atoms with van der Waals surface area (Å²) < 4.78 is 24.0. The van der Waals surface area contributed by atoms with Crippen LogP contribution in [0.25, 0.3) is 0 Å². The van der Waals surface area contributed by atoms with Gasteiger partial charge in [0.05, 0.1) is 0 Å². The van der Waals surface area contributed by atoms with Crippen LogP contribution in [0.15, 0.2) is 11.2 Å². The molecule has 20 heavy (non-hydrogen) atoms. The lowest BCUT2D eigenvalue weighted by atomic mass is 10.1. The van der Waals surface area contributed by atoms with Crippen molar-refractivity contribution in [1.82, 2.24) is 14.9 Å². The molecule has 8 heteroatoms. The Balaban J connectivity index is 2.72. The van der Waals surface area contributed by atoms with Crippen LogP contribution in [0, 0.1) is 5.92 Å². The van der Waals surface area contributed by atoms with Crippen LogP contribution in [-0.2, 0) is 26.8 Å². The highest BCUT2D eigenvalue weighted by Gasteiger charge is 2.18. The quantitative estimate of drug-likeness (QED) is 0.772. The smallest absolute Gasteiger partial charge is 0.280 e. The molecule has 0 aliphatic carbocycles. The van der Waals surface area contributed by atoms with Gasteiger partial charge in [0.1, 0.15) is 12.4 Å². The highest BCUT2D eigenvalue weighted by molar-refractivity contribution is 8.13. The molecule has 0 atom stereocenters. The number of nitrogens with one attached hydrogen (secondary N) is 1. The summed E-state index contributed by atoms with van der Waals surface area (Å²) in [5, 5.41) is 2.58. The van der Waals surface area contributed by atoms with Crippen molar-refractivity contribution in [1.29, 1.82) is 0 Å². The van der Waals surface area contributed by atoms with Gasteiger partial charge in [-0.25, -0.2) is 13.4 Å². The van der Waals surface area contributed by atoms with Gasteiger partial charge in [-0.1, -0.05) is 20.8 Å². The van der Waals surface area contributed by atoms with Crippen LogP contribution in [0.1, 0.15) is 33.0 Å². The van der Waals surface area contributed by atoms with Crippen molar-refractivity contribution in [3.8, 4) is 0 Å². The molecule has 0 aliphatic rings. The fraction of sp³-hybridized carbons (Fsp3) is 0.667. The molecule has 6 nitrogen and oxygen atoms in total. The number of aromatic nitrogens is 2. The van der Waals surface area contributed by atoms with Crippen LogP contribution in [0.4, 0.5) is 0 Å². The third-order valence-corrected chi connectivity index (χ3v) is 3.93. The molecule has 1 amide bonds. The molecule has 0 bridgehead atoms. The number of carbonyl (C=O) groups is 1. The summed E-state index contributed by atoms with van der Waals surface area (Å²) in [4.78, 5) is 15.7. The SMILES string of the molecule is CCc1nc(S(=O)(=O)Cl)cn1CC(=O)NCCC(C)C. The van der Waals surface area contributed by atoms with Crippen molar-refractivity contribution in [3.63, 3.8) is 0 Å². The highest BCUT2D eigenvalue weighted by atomic mass is 35.7. The Morgan fingerprint density at radius 3 is 2.65 bits per heavy atom. The predicted molar refractivity (Wildman–Crippen MR) is 77.1 cm³/mol. The molecular formula is C12H20ClN3O3S. The molecule has 1 aromatic rings. The van der Waals surface area contributed by atoms with Gasteiger partial charge in [0.15, 0.2) is 5.03 Å². The zero-order chi connectivity index (χ0) is 15.3. The van der Waals surface area contributed by atoms with Crippen LogP contribution in [0.2, 0.25) is 0 Å². The lowest BCUT2D eigenvalue weighted by Crippen LogP contribution is -2.29. The van der Waals surface area contributed by atoms with Crippen molar-refractivity contribution in [2.75, 3.05) is 6.54 Å². The van der Waals surface area contributed by atoms with Crippen molar-refractivity contribution in [2.45, 2.75) is 45.2 Å². The van der Waals surface area contributed by atoms with Crippen molar-refractivity contribution in [3.05, 3.63) is 12.0 Å². The minimum absolute atomic E-state index is 0.0423. The fourth-order valence-corrected chi connectivity index (χ4v) is 2.37. The second-order valence-electron chi connectivity index (χ2n) is 4.95. The Morgan fingerprint density at radius 1 is 1.50 bits per heavy atom. The van der Waals surface area contributed by atoms with E-state index in [4.69, 9.17) is 10.7 Å². The molecule has 0 radical (unpaired) electrons. The molecule has 0 saturated heterocycles. The molecule has 0 aliphatic heterocycles. The van der Waals surface area contributed by atoms with Crippen LogP contribution >= 0.6 is 10.7 Å². The number of aryl methyl sites for hydroxylation is 1. The lowest BCUT2D eigenvalue weighted by Gasteiger charge is -2.09. The number of hydrogen-bond donors (Lipinski definition) is 1. The molecule has 0 spiro atoms. The molecule has 1 N–H and O–H groups in total. The molecule has 0 saturated carbocycles. The van der Waals surface area contributed by atoms with Gasteiger partial charge in [-0.05, 0) is 12.3 Å². The van der Waals surface area contributed by atoms with Crippen LogP contribution in [0.5, 0.6) is 0 Å². The van der Waals surface area contributed by atoms with E-state index in [1.807, 2.05) is 6.92 Å². The van der Waals surface area contributed by atoms with Gasteiger partial charge in [0, 0.05) is 29.8 Å². The minimum atomic E-state index is -3.87. The monoisotopic (exact) mass is 321 g/mol. The number of halogens is 1. The van der Waals surface area contributed by atoms with E-state index in [9.17, 15) is 13.2 Å². The van der Waals surface area contributed by atoms with E-state index >= 15 is 0 Å². The van der Waals surface area contributed by atoms with Crippen LogP contribution < -0.4 is 5.32 Å². The molecule has 0 fully saturated rings. The number of hydrogen-bond acceptors (Lipinski definition) is 4. The average molecular weight is 322 g/mol. The normalized spacial score (nSPS) is 11.8. The molecule has 1 aromatic heterocycles. The number of nitrogens with zero attached hydrogens (tertiary/aromatic N) is 2. The second-order valence-corrected chi connectivity index (χ2v) is 7.46. The molecule has 0 aromatic carbocycles. The van der Waals surface area contributed by atoms with E-state index in [1.54, 1.807) is 0 Å². The molecule has 1 heterocycles. The summed E-state index contributed by atoms with van der Waals surface area (Å²) in [6.45, 7) is 6.64. The minimum Gasteiger partial charge on any atom is -0.355 e. The van der Waals surface area contributed by atoms with E-state index in [0.717, 1.165) is 6.42 Å². The molecular weight excluding hydrogens is 302 g/mol. The maximum absolute atomic E-state index is 11.8. The van der Waals surface area contributed by atoms with Gasteiger partial charge >= 0.3 is 0 Å². The summed E-state index contributed by atoms with van der Waals surface area (Å²) >= 11 is 0. The lowest BCUT2D eigenvalue weighted by molar-refractivity contribution is -0.121. The number of carbonyl (C=O) groups excluding carboxylic acids is 1. The summed E-state index contributed by atoms with van der Waals surface area (Å²) in [5.41, 5.74) is 0. The first-order valence-electron chi connectivity index (χ1n) is 6.51. The average Bonchev–Trinajstić information content (AvgIpc) is 2.71. The van der Waals surface area contributed by atoms with Gasteiger partial charge in [0.2, 0.25) is 5.91 Å². The Bertz CT molecular complexity index is 567. The Hall–Kier alpha value is -1.08. The summed E-state index contributed by atoms with van der Waals surface area (Å²) in [6.07, 6.45) is 2.71. The summed E-state index contributed by atoms with van der Waals surface area (Å²) in [5.74, 6) is 0.863. The van der Waals surface area contributed by atoms with Crippen molar-refractivity contribution < 1.29 is 13.2 Å². The zero-order valence-corrected chi connectivity index (χ0v) is 13.5. The van der Waals surface area contributed by atoms with E-state index in [0.29, 0.717) is 24.7 Å². The Kier molecular flexibility index (Phi) is 6.01. The molecule has 1 rings (SSSR count). The number of amides is 1. The first-order chi connectivity index (χ1) is 9.24. The van der Waals surface area contributed by atoms with Gasteiger partial charge < -0.3 is 9.88 Å². The predicted octanol–water partition coefficient (Wildman–Crippen LogP) is 1.54. The van der Waals surface area contributed by atoms with E-state index in [1.165, 1.54) is 10.8 Å². The largest absolute Gasteiger partial charge is 0.355 e.